The van der Waals surface area contributed by atoms with Gasteiger partial charge in [-0.2, -0.15) is 5.10 Å². The highest BCUT2D eigenvalue weighted by molar-refractivity contribution is 9.10. The van der Waals surface area contributed by atoms with Crippen molar-refractivity contribution in [1.29, 1.82) is 0 Å². The molecule has 0 amide bonds. The number of nitrogen functional groups attached to an aromatic ring is 1. The smallest absolute Gasteiger partial charge is 0.137 e. The quantitative estimate of drug-likeness (QED) is 0.861. The molecule has 0 atom stereocenters. The highest BCUT2D eigenvalue weighted by atomic mass is 79.9. The lowest BCUT2D eigenvalue weighted by Crippen LogP contribution is -1.96. The molecule has 2 heterocycles. The van der Waals surface area contributed by atoms with E-state index in [1.165, 1.54) is 0 Å². The zero-order valence-corrected chi connectivity index (χ0v) is 10.1. The van der Waals surface area contributed by atoms with E-state index in [4.69, 9.17) is 5.73 Å². The molecule has 0 unspecified atom stereocenters. The molecular formula is C10H11BrN4. The normalized spacial score (nSPS) is 10.6. The Bertz CT molecular complexity index is 504. The summed E-state index contributed by atoms with van der Waals surface area (Å²) in [5, 5.41) is 4.28. The van der Waals surface area contributed by atoms with Crippen molar-refractivity contribution in [1.82, 2.24) is 14.8 Å². The third-order valence-electron chi connectivity index (χ3n) is 2.17. The number of aromatic nitrogens is 3. The van der Waals surface area contributed by atoms with Crippen molar-refractivity contribution in [3.05, 3.63) is 28.5 Å². The molecule has 2 rings (SSSR count). The average molecular weight is 267 g/mol. The van der Waals surface area contributed by atoms with Crippen LogP contribution in [-0.4, -0.2) is 14.8 Å². The van der Waals surface area contributed by atoms with Crippen molar-refractivity contribution >= 4 is 21.7 Å². The maximum absolute atomic E-state index is 5.63. The second-order valence-electron chi connectivity index (χ2n) is 3.39. The molecule has 0 radical (unpaired) electrons. The van der Waals surface area contributed by atoms with Gasteiger partial charge in [0.15, 0.2) is 0 Å². The van der Waals surface area contributed by atoms with Crippen molar-refractivity contribution in [2.45, 2.75) is 6.92 Å². The van der Waals surface area contributed by atoms with E-state index >= 15 is 0 Å². The molecule has 0 fully saturated rings. The third-order valence-corrected chi connectivity index (χ3v) is 2.80. The number of hydrogen-bond donors (Lipinski definition) is 1. The van der Waals surface area contributed by atoms with Crippen LogP contribution in [0.15, 0.2) is 22.8 Å². The Morgan fingerprint density at radius 3 is 2.67 bits per heavy atom. The van der Waals surface area contributed by atoms with E-state index in [9.17, 15) is 0 Å². The van der Waals surface area contributed by atoms with E-state index in [1.54, 1.807) is 6.20 Å². The minimum absolute atomic E-state index is 0.498. The van der Waals surface area contributed by atoms with Crippen LogP contribution in [0.2, 0.25) is 0 Å². The fourth-order valence-corrected chi connectivity index (χ4v) is 1.82. The minimum Gasteiger partial charge on any atom is -0.383 e. The molecule has 0 saturated heterocycles. The lowest BCUT2D eigenvalue weighted by Gasteiger charge is -2.03. The van der Waals surface area contributed by atoms with Crippen LogP contribution in [0.5, 0.6) is 0 Å². The second-order valence-corrected chi connectivity index (χ2v) is 4.24. The van der Waals surface area contributed by atoms with E-state index in [2.05, 4.69) is 26.0 Å². The molecule has 0 aliphatic heterocycles. The summed E-state index contributed by atoms with van der Waals surface area (Å²) in [5.74, 6) is 0.498. The predicted octanol–water partition coefficient (Wildman–Crippen LogP) is 2.14. The van der Waals surface area contributed by atoms with Gasteiger partial charge in [0.25, 0.3) is 0 Å². The van der Waals surface area contributed by atoms with Gasteiger partial charge >= 0.3 is 0 Å². The Morgan fingerprint density at radius 1 is 1.40 bits per heavy atom. The highest BCUT2D eigenvalue weighted by Gasteiger charge is 2.07. The average Bonchev–Trinajstić information content (AvgIpc) is 2.50. The Kier molecular flexibility index (Phi) is 2.48. The standard InChI is InChI=1S/C10H11BrN4/c1-6-3-9(15(2)14-6)7-4-8(11)10(12)13-5-7/h3-5H,1-2H3,(H2,12,13). The Balaban J connectivity index is 2.54. The molecule has 0 aliphatic carbocycles. The SMILES string of the molecule is Cc1cc(-c2cnc(N)c(Br)c2)n(C)n1. The van der Waals surface area contributed by atoms with Gasteiger partial charge in [-0.15, -0.1) is 0 Å². The number of halogens is 1. The first-order valence-corrected chi connectivity index (χ1v) is 5.29. The van der Waals surface area contributed by atoms with Crippen LogP contribution in [0.1, 0.15) is 5.69 Å². The van der Waals surface area contributed by atoms with Crippen LogP contribution in [0.25, 0.3) is 11.3 Å². The Hall–Kier alpha value is -1.36. The van der Waals surface area contributed by atoms with Gasteiger partial charge in [-0.3, -0.25) is 4.68 Å². The lowest BCUT2D eigenvalue weighted by molar-refractivity contribution is 0.764. The summed E-state index contributed by atoms with van der Waals surface area (Å²) in [4.78, 5) is 4.10. The summed E-state index contributed by atoms with van der Waals surface area (Å²) < 4.78 is 2.63. The van der Waals surface area contributed by atoms with Gasteiger partial charge in [-0.1, -0.05) is 0 Å². The summed E-state index contributed by atoms with van der Waals surface area (Å²) in [6.07, 6.45) is 1.75. The molecule has 2 N–H and O–H groups in total. The first kappa shape index (κ1) is 10.2. The second kappa shape index (κ2) is 3.66. The van der Waals surface area contributed by atoms with Gasteiger partial charge in [0.1, 0.15) is 5.82 Å². The van der Waals surface area contributed by atoms with E-state index in [1.807, 2.05) is 30.8 Å². The van der Waals surface area contributed by atoms with Gasteiger partial charge < -0.3 is 5.73 Å². The van der Waals surface area contributed by atoms with Crippen molar-refractivity contribution in [3.8, 4) is 11.3 Å². The van der Waals surface area contributed by atoms with Gasteiger partial charge in [0.2, 0.25) is 0 Å². The molecular weight excluding hydrogens is 256 g/mol. The number of rotatable bonds is 1. The summed E-state index contributed by atoms with van der Waals surface area (Å²) in [7, 11) is 1.91. The molecule has 2 aromatic heterocycles. The Labute approximate surface area is 96.3 Å². The summed E-state index contributed by atoms with van der Waals surface area (Å²) in [5.41, 5.74) is 8.64. The number of anilines is 1. The van der Waals surface area contributed by atoms with Crippen LogP contribution in [0.3, 0.4) is 0 Å². The molecule has 0 bridgehead atoms. The van der Waals surface area contributed by atoms with Crippen LogP contribution >= 0.6 is 15.9 Å². The third kappa shape index (κ3) is 1.87. The molecule has 4 nitrogen and oxygen atoms in total. The molecule has 5 heteroatoms. The number of nitrogens with zero attached hydrogens (tertiary/aromatic N) is 3. The maximum Gasteiger partial charge on any atom is 0.137 e. The number of pyridine rings is 1. The van der Waals surface area contributed by atoms with Crippen LogP contribution in [0, 0.1) is 6.92 Å². The monoisotopic (exact) mass is 266 g/mol. The molecule has 15 heavy (non-hydrogen) atoms. The molecule has 0 aliphatic rings. The van der Waals surface area contributed by atoms with Gasteiger partial charge in [-0.25, -0.2) is 4.98 Å². The van der Waals surface area contributed by atoms with Crippen molar-refractivity contribution in [3.63, 3.8) is 0 Å². The van der Waals surface area contributed by atoms with Crippen molar-refractivity contribution < 1.29 is 0 Å². The molecule has 0 aromatic carbocycles. The zero-order valence-electron chi connectivity index (χ0n) is 8.53. The van der Waals surface area contributed by atoms with Crippen LogP contribution < -0.4 is 5.73 Å². The lowest BCUT2D eigenvalue weighted by atomic mass is 10.2. The number of hydrogen-bond acceptors (Lipinski definition) is 3. The minimum atomic E-state index is 0.498. The topological polar surface area (TPSA) is 56.7 Å². The fourth-order valence-electron chi connectivity index (χ4n) is 1.47. The van der Waals surface area contributed by atoms with E-state index in [0.29, 0.717) is 5.82 Å². The Morgan fingerprint density at radius 2 is 2.13 bits per heavy atom. The molecule has 0 spiro atoms. The van der Waals surface area contributed by atoms with Gasteiger partial charge in [0.05, 0.1) is 15.9 Å². The summed E-state index contributed by atoms with van der Waals surface area (Å²) >= 11 is 3.36. The van der Waals surface area contributed by atoms with Gasteiger partial charge in [-0.05, 0) is 35.0 Å². The van der Waals surface area contributed by atoms with Crippen LogP contribution in [0.4, 0.5) is 5.82 Å². The maximum atomic E-state index is 5.63. The van der Waals surface area contributed by atoms with E-state index in [-0.39, 0.29) is 0 Å². The largest absolute Gasteiger partial charge is 0.383 e. The van der Waals surface area contributed by atoms with Crippen molar-refractivity contribution in [2.24, 2.45) is 7.05 Å². The van der Waals surface area contributed by atoms with E-state index in [0.717, 1.165) is 21.4 Å². The number of aryl methyl sites for hydroxylation is 2. The van der Waals surface area contributed by atoms with Crippen LogP contribution in [-0.2, 0) is 7.05 Å². The predicted molar refractivity (Wildman–Crippen MR) is 63.3 cm³/mol. The first-order valence-electron chi connectivity index (χ1n) is 4.50. The van der Waals surface area contributed by atoms with Crippen molar-refractivity contribution in [2.75, 3.05) is 5.73 Å². The molecule has 2 aromatic rings. The summed E-state index contributed by atoms with van der Waals surface area (Å²) in [6.45, 7) is 1.96. The molecule has 78 valence electrons. The number of nitrogens with two attached hydrogens (primary N) is 1. The summed E-state index contributed by atoms with van der Waals surface area (Å²) in [6, 6.07) is 3.96. The fraction of sp³-hybridized carbons (Fsp3) is 0.200. The zero-order chi connectivity index (χ0) is 11.0. The van der Waals surface area contributed by atoms with E-state index < -0.39 is 0 Å². The first-order chi connectivity index (χ1) is 7.08. The highest BCUT2D eigenvalue weighted by Crippen LogP contribution is 2.25. The molecule has 0 saturated carbocycles. The van der Waals surface area contributed by atoms with Gasteiger partial charge in [0, 0.05) is 18.8 Å².